The van der Waals surface area contributed by atoms with Gasteiger partial charge in [0.05, 0.1) is 11.3 Å². The van der Waals surface area contributed by atoms with Gasteiger partial charge >= 0.3 is 0 Å². The Labute approximate surface area is 184 Å². The fourth-order valence-electron chi connectivity index (χ4n) is 2.95. The lowest BCUT2D eigenvalue weighted by atomic mass is 10.1. The Morgan fingerprint density at radius 1 is 0.967 bits per heavy atom. The molecule has 154 valence electrons. The Bertz CT molecular complexity index is 1020. The molecule has 0 radical (unpaired) electrons. The zero-order valence-electron chi connectivity index (χ0n) is 16.7. The van der Waals surface area contributed by atoms with Crippen LogP contribution in [-0.4, -0.2) is 25.0 Å². The number of hydrogen-bond donors (Lipinski definition) is 2. The molecule has 0 unspecified atom stereocenters. The highest BCUT2D eigenvalue weighted by atomic mass is 79.9. The summed E-state index contributed by atoms with van der Waals surface area (Å²) in [7, 11) is 0. The molecule has 0 fully saturated rings. The van der Waals surface area contributed by atoms with Gasteiger partial charge in [-0.2, -0.15) is 0 Å². The van der Waals surface area contributed by atoms with Crippen LogP contribution >= 0.6 is 15.9 Å². The lowest BCUT2D eigenvalue weighted by Crippen LogP contribution is -2.28. The van der Waals surface area contributed by atoms with E-state index in [-0.39, 0.29) is 18.4 Å². The normalized spacial score (nSPS) is 10.3. The van der Waals surface area contributed by atoms with Crippen molar-refractivity contribution in [1.82, 2.24) is 5.32 Å². The minimum absolute atomic E-state index is 0.146. The number of benzene rings is 3. The van der Waals surface area contributed by atoms with Crippen LogP contribution in [0.5, 0.6) is 5.75 Å². The van der Waals surface area contributed by atoms with E-state index >= 15 is 0 Å². The number of carbonyl (C=O) groups is 2. The number of para-hydroxylation sites is 1. The van der Waals surface area contributed by atoms with Gasteiger partial charge in [0, 0.05) is 11.0 Å². The third kappa shape index (κ3) is 6.19. The SMILES string of the molecule is Cc1cc(Br)ccc1OCC(=O)Nc1ccccc1C(=O)NCCc1ccccc1. The molecule has 0 atom stereocenters. The second kappa shape index (κ2) is 10.6. The van der Waals surface area contributed by atoms with Crippen molar-refractivity contribution < 1.29 is 14.3 Å². The first-order chi connectivity index (χ1) is 14.5. The molecule has 0 spiro atoms. The highest BCUT2D eigenvalue weighted by molar-refractivity contribution is 9.10. The molecule has 3 aromatic rings. The Morgan fingerprint density at radius 3 is 2.47 bits per heavy atom. The van der Waals surface area contributed by atoms with Crippen LogP contribution < -0.4 is 15.4 Å². The first-order valence-corrected chi connectivity index (χ1v) is 10.4. The topological polar surface area (TPSA) is 67.4 Å². The predicted molar refractivity (Wildman–Crippen MR) is 122 cm³/mol. The van der Waals surface area contributed by atoms with Crippen molar-refractivity contribution >= 4 is 33.4 Å². The summed E-state index contributed by atoms with van der Waals surface area (Å²) in [6, 6.07) is 22.5. The van der Waals surface area contributed by atoms with E-state index in [9.17, 15) is 9.59 Å². The van der Waals surface area contributed by atoms with E-state index in [0.29, 0.717) is 23.5 Å². The molecule has 0 saturated heterocycles. The fraction of sp³-hybridized carbons (Fsp3) is 0.167. The van der Waals surface area contributed by atoms with E-state index in [1.54, 1.807) is 30.3 Å². The van der Waals surface area contributed by atoms with E-state index in [0.717, 1.165) is 22.0 Å². The van der Waals surface area contributed by atoms with E-state index in [1.165, 1.54) is 0 Å². The summed E-state index contributed by atoms with van der Waals surface area (Å²) < 4.78 is 6.55. The van der Waals surface area contributed by atoms with E-state index in [1.807, 2.05) is 49.4 Å². The molecule has 3 aromatic carbocycles. The maximum Gasteiger partial charge on any atom is 0.262 e. The van der Waals surface area contributed by atoms with Gasteiger partial charge in [0.25, 0.3) is 11.8 Å². The molecule has 0 heterocycles. The minimum atomic E-state index is -0.332. The quantitative estimate of drug-likeness (QED) is 0.503. The molecule has 0 aliphatic carbocycles. The summed E-state index contributed by atoms with van der Waals surface area (Å²) >= 11 is 3.40. The summed E-state index contributed by atoms with van der Waals surface area (Å²) in [5, 5.41) is 5.67. The molecule has 6 heteroatoms. The van der Waals surface area contributed by atoms with Crippen molar-refractivity contribution in [1.29, 1.82) is 0 Å². The zero-order chi connectivity index (χ0) is 21.3. The number of aryl methyl sites for hydroxylation is 1. The van der Waals surface area contributed by atoms with Crippen molar-refractivity contribution in [3.8, 4) is 5.75 Å². The predicted octanol–water partition coefficient (Wildman–Crippen LogP) is 4.75. The average molecular weight is 467 g/mol. The monoisotopic (exact) mass is 466 g/mol. The second-order valence-corrected chi connectivity index (χ2v) is 7.70. The minimum Gasteiger partial charge on any atom is -0.483 e. The summed E-state index contributed by atoms with van der Waals surface area (Å²) in [5.74, 6) is 0.0775. The third-order valence-corrected chi connectivity index (χ3v) is 4.98. The molecule has 0 saturated carbocycles. The number of ether oxygens (including phenoxy) is 1. The number of nitrogens with one attached hydrogen (secondary N) is 2. The van der Waals surface area contributed by atoms with Gasteiger partial charge in [-0.05, 0) is 54.8 Å². The molecular formula is C24H23BrN2O3. The van der Waals surface area contributed by atoms with Crippen molar-refractivity contribution in [3.63, 3.8) is 0 Å². The molecular weight excluding hydrogens is 444 g/mol. The van der Waals surface area contributed by atoms with Gasteiger partial charge in [-0.25, -0.2) is 0 Å². The van der Waals surface area contributed by atoms with Crippen LogP contribution in [0.4, 0.5) is 5.69 Å². The lowest BCUT2D eigenvalue weighted by molar-refractivity contribution is -0.118. The van der Waals surface area contributed by atoms with Crippen molar-refractivity contribution in [2.75, 3.05) is 18.5 Å². The fourth-order valence-corrected chi connectivity index (χ4v) is 3.43. The molecule has 2 N–H and O–H groups in total. The molecule has 30 heavy (non-hydrogen) atoms. The lowest BCUT2D eigenvalue weighted by Gasteiger charge is -2.13. The summed E-state index contributed by atoms with van der Waals surface area (Å²) in [4.78, 5) is 25.0. The van der Waals surface area contributed by atoms with Crippen LogP contribution in [0.3, 0.4) is 0 Å². The van der Waals surface area contributed by atoms with Crippen molar-refractivity contribution in [2.24, 2.45) is 0 Å². The molecule has 0 aliphatic heterocycles. The highest BCUT2D eigenvalue weighted by Crippen LogP contribution is 2.22. The summed E-state index contributed by atoms with van der Waals surface area (Å²) in [6.07, 6.45) is 0.738. The van der Waals surface area contributed by atoms with Gasteiger partial charge in [0.1, 0.15) is 5.75 Å². The van der Waals surface area contributed by atoms with E-state index < -0.39 is 0 Å². The smallest absolute Gasteiger partial charge is 0.262 e. The van der Waals surface area contributed by atoms with E-state index in [4.69, 9.17) is 4.74 Å². The number of halogens is 1. The van der Waals surface area contributed by atoms with Gasteiger partial charge in [0.15, 0.2) is 6.61 Å². The Balaban J connectivity index is 1.56. The molecule has 5 nitrogen and oxygen atoms in total. The summed E-state index contributed by atoms with van der Waals surface area (Å²) in [5.41, 5.74) is 2.95. The maximum absolute atomic E-state index is 12.6. The number of rotatable bonds is 8. The first kappa shape index (κ1) is 21.6. The summed E-state index contributed by atoms with van der Waals surface area (Å²) in [6.45, 7) is 2.27. The number of anilines is 1. The number of amides is 2. The highest BCUT2D eigenvalue weighted by Gasteiger charge is 2.13. The molecule has 0 bridgehead atoms. The van der Waals surface area contributed by atoms with Crippen LogP contribution in [0.2, 0.25) is 0 Å². The van der Waals surface area contributed by atoms with Gasteiger partial charge in [-0.3, -0.25) is 9.59 Å². The van der Waals surface area contributed by atoms with Crippen LogP contribution in [0.1, 0.15) is 21.5 Å². The van der Waals surface area contributed by atoms with E-state index in [2.05, 4.69) is 26.6 Å². The van der Waals surface area contributed by atoms with Gasteiger partial charge in [0.2, 0.25) is 0 Å². The van der Waals surface area contributed by atoms with Gasteiger partial charge < -0.3 is 15.4 Å². The molecule has 3 rings (SSSR count). The van der Waals surface area contributed by atoms with Crippen molar-refractivity contribution in [2.45, 2.75) is 13.3 Å². The van der Waals surface area contributed by atoms with Gasteiger partial charge in [-0.1, -0.05) is 58.4 Å². The first-order valence-electron chi connectivity index (χ1n) is 9.63. The number of hydrogen-bond acceptors (Lipinski definition) is 3. The Morgan fingerprint density at radius 2 is 1.70 bits per heavy atom. The Kier molecular flexibility index (Phi) is 7.63. The molecule has 0 aliphatic rings. The van der Waals surface area contributed by atoms with Crippen molar-refractivity contribution in [3.05, 3.63) is 94.0 Å². The van der Waals surface area contributed by atoms with Crippen LogP contribution in [-0.2, 0) is 11.2 Å². The second-order valence-electron chi connectivity index (χ2n) is 6.78. The maximum atomic E-state index is 12.6. The average Bonchev–Trinajstić information content (AvgIpc) is 2.74. The zero-order valence-corrected chi connectivity index (χ0v) is 18.2. The standard InChI is InChI=1S/C24H23BrN2O3/c1-17-15-19(25)11-12-22(17)30-16-23(28)27-21-10-6-5-9-20(21)24(29)26-14-13-18-7-3-2-4-8-18/h2-12,15H,13-14,16H2,1H3,(H,26,29)(H,27,28). The number of carbonyl (C=O) groups excluding carboxylic acids is 2. The molecule has 2 amide bonds. The third-order valence-electron chi connectivity index (χ3n) is 4.48. The van der Waals surface area contributed by atoms with Crippen LogP contribution in [0.25, 0.3) is 0 Å². The largest absolute Gasteiger partial charge is 0.483 e. The van der Waals surface area contributed by atoms with Crippen LogP contribution in [0.15, 0.2) is 77.3 Å². The van der Waals surface area contributed by atoms with Gasteiger partial charge in [-0.15, -0.1) is 0 Å². The van der Waals surface area contributed by atoms with Crippen LogP contribution in [0, 0.1) is 6.92 Å². The molecule has 0 aromatic heterocycles. The Hall–Kier alpha value is -3.12.